The average Bonchev–Trinajstić information content (AvgIpc) is 3.16. The molecule has 4 aliphatic carbocycles. The van der Waals surface area contributed by atoms with Gasteiger partial charge in [0.25, 0.3) is 0 Å². The Balaban J connectivity index is 1.94. The van der Waals surface area contributed by atoms with E-state index >= 15 is 0 Å². The average molecular weight is 451 g/mol. The molecule has 0 spiro atoms. The van der Waals surface area contributed by atoms with Crippen LogP contribution in [-0.4, -0.2) is 72.4 Å². The zero-order valence-corrected chi connectivity index (χ0v) is 19.3. The molecule has 5 N–H and O–H groups in total. The molecule has 2 fully saturated rings. The Kier molecular flexibility index (Phi) is 4.96. The maximum atomic E-state index is 13.0. The first-order valence-corrected chi connectivity index (χ1v) is 11.3. The highest BCUT2D eigenvalue weighted by atomic mass is 16.6. The maximum absolute atomic E-state index is 13.0. The molecule has 0 heterocycles. The van der Waals surface area contributed by atoms with Crippen LogP contribution in [-0.2, 0) is 14.3 Å². The summed E-state index contributed by atoms with van der Waals surface area (Å²) >= 11 is 0. The van der Waals surface area contributed by atoms with Crippen LogP contribution in [0.4, 0.5) is 0 Å². The molecular weight excluding hydrogens is 416 g/mol. The predicted molar refractivity (Wildman–Crippen MR) is 113 cm³/mol. The Morgan fingerprint density at radius 1 is 1.25 bits per heavy atom. The van der Waals surface area contributed by atoms with E-state index in [1.807, 2.05) is 20.8 Å². The lowest BCUT2D eigenvalue weighted by molar-refractivity contribution is -0.273. The first-order valence-electron chi connectivity index (χ1n) is 11.3. The summed E-state index contributed by atoms with van der Waals surface area (Å²) in [7, 11) is 0. The van der Waals surface area contributed by atoms with Crippen molar-refractivity contribution in [3.05, 3.63) is 23.3 Å². The number of carbonyl (C=O) groups excluding carboxylic acids is 2. The summed E-state index contributed by atoms with van der Waals surface area (Å²) < 4.78 is 5.89. The van der Waals surface area contributed by atoms with Gasteiger partial charge in [0.15, 0.2) is 11.4 Å². The summed E-state index contributed by atoms with van der Waals surface area (Å²) in [5.74, 6) is -3.77. The van der Waals surface area contributed by atoms with Gasteiger partial charge in [0.1, 0.15) is 22.9 Å². The third kappa shape index (κ3) is 2.35. The molecule has 8 nitrogen and oxygen atoms in total. The molecule has 4 rings (SSSR count). The third-order valence-corrected chi connectivity index (χ3v) is 8.88. The number of aliphatic hydroxyl groups excluding tert-OH is 2. The summed E-state index contributed by atoms with van der Waals surface area (Å²) in [5.41, 5.74) is -8.62. The molecule has 0 amide bonds. The van der Waals surface area contributed by atoms with Crippen LogP contribution >= 0.6 is 0 Å². The molecule has 0 aromatic carbocycles. The largest absolute Gasteiger partial charge is 0.455 e. The molecule has 2 saturated carbocycles. The Hall–Kier alpha value is -1.58. The van der Waals surface area contributed by atoms with E-state index in [0.717, 1.165) is 0 Å². The lowest BCUT2D eigenvalue weighted by Crippen LogP contribution is -2.75. The van der Waals surface area contributed by atoms with Crippen molar-refractivity contribution in [1.29, 1.82) is 0 Å². The fourth-order valence-electron chi connectivity index (χ4n) is 7.18. The zero-order chi connectivity index (χ0) is 24.1. The molecule has 0 saturated heterocycles. The predicted octanol–water partition coefficient (Wildman–Crippen LogP) is 0.396. The van der Waals surface area contributed by atoms with Crippen LogP contribution in [0.1, 0.15) is 53.9 Å². The molecule has 0 aromatic rings. The number of hydrogen-bond acceptors (Lipinski definition) is 8. The van der Waals surface area contributed by atoms with Crippen LogP contribution in [0, 0.1) is 23.2 Å². The van der Waals surface area contributed by atoms with E-state index in [1.165, 1.54) is 19.9 Å². The number of carbonyl (C=O) groups is 2. The first kappa shape index (κ1) is 23.6. The summed E-state index contributed by atoms with van der Waals surface area (Å²) in [5, 5.41) is 57.0. The molecule has 32 heavy (non-hydrogen) atoms. The summed E-state index contributed by atoms with van der Waals surface area (Å²) in [6, 6.07) is 0. The third-order valence-electron chi connectivity index (χ3n) is 8.88. The minimum atomic E-state index is -2.40. The number of rotatable bonds is 4. The van der Waals surface area contributed by atoms with Gasteiger partial charge in [-0.05, 0) is 30.6 Å². The Morgan fingerprint density at radius 3 is 2.44 bits per heavy atom. The van der Waals surface area contributed by atoms with E-state index in [-0.39, 0.29) is 18.4 Å². The van der Waals surface area contributed by atoms with Gasteiger partial charge in [-0.25, -0.2) is 0 Å². The highest BCUT2D eigenvalue weighted by Crippen LogP contribution is 2.77. The minimum absolute atomic E-state index is 0.101. The Morgan fingerprint density at radius 2 is 1.88 bits per heavy atom. The van der Waals surface area contributed by atoms with Gasteiger partial charge in [0, 0.05) is 36.0 Å². The molecule has 0 aromatic heterocycles. The molecule has 178 valence electrons. The van der Waals surface area contributed by atoms with Crippen LogP contribution in [0.2, 0.25) is 0 Å². The van der Waals surface area contributed by atoms with Crippen LogP contribution in [0.5, 0.6) is 0 Å². The number of ketones is 1. The van der Waals surface area contributed by atoms with E-state index in [1.54, 1.807) is 6.08 Å². The quantitative estimate of drug-likeness (QED) is 0.306. The first-order chi connectivity index (χ1) is 14.7. The van der Waals surface area contributed by atoms with Crippen molar-refractivity contribution in [1.82, 2.24) is 0 Å². The second-order valence-electron chi connectivity index (χ2n) is 10.7. The highest BCUT2D eigenvalue weighted by Gasteiger charge is 2.88. The zero-order valence-electron chi connectivity index (χ0n) is 19.3. The van der Waals surface area contributed by atoms with E-state index in [4.69, 9.17) is 4.74 Å². The van der Waals surface area contributed by atoms with Gasteiger partial charge < -0.3 is 30.3 Å². The molecule has 8 atom stereocenters. The van der Waals surface area contributed by atoms with Gasteiger partial charge in [-0.2, -0.15) is 0 Å². The van der Waals surface area contributed by atoms with Crippen molar-refractivity contribution in [2.45, 2.75) is 82.4 Å². The van der Waals surface area contributed by atoms with Gasteiger partial charge in [-0.3, -0.25) is 9.59 Å². The molecular formula is C24H34O8. The summed E-state index contributed by atoms with van der Waals surface area (Å²) in [4.78, 5) is 25.5. The van der Waals surface area contributed by atoms with E-state index in [9.17, 15) is 35.1 Å². The fraction of sp³-hybridized carbons (Fsp3) is 0.750. The van der Waals surface area contributed by atoms with Gasteiger partial charge >= 0.3 is 5.97 Å². The van der Waals surface area contributed by atoms with Crippen LogP contribution in [0.15, 0.2) is 23.3 Å². The molecule has 4 aliphatic rings. The number of aliphatic hydroxyl groups is 5. The van der Waals surface area contributed by atoms with E-state index < -0.39 is 70.0 Å². The number of ether oxygens (including phenoxy) is 1. The van der Waals surface area contributed by atoms with Gasteiger partial charge in [-0.15, -0.1) is 0 Å². The lowest BCUT2D eigenvalue weighted by Gasteiger charge is -2.56. The van der Waals surface area contributed by atoms with Gasteiger partial charge in [0.05, 0.1) is 6.61 Å². The van der Waals surface area contributed by atoms with Crippen molar-refractivity contribution in [2.24, 2.45) is 23.2 Å². The number of esters is 1. The normalized spacial score (nSPS) is 48.6. The molecule has 0 radical (unpaired) electrons. The second kappa shape index (κ2) is 6.73. The van der Waals surface area contributed by atoms with Crippen LogP contribution in [0.3, 0.4) is 0 Å². The summed E-state index contributed by atoms with van der Waals surface area (Å²) in [6.07, 6.45) is 1.82. The number of Topliss-reactive ketones (excluding diaryl/α,β-unsaturated/α-hetero) is 1. The van der Waals surface area contributed by atoms with Crippen molar-refractivity contribution < 1.29 is 39.9 Å². The lowest BCUT2D eigenvalue weighted by atomic mass is 9.56. The molecule has 8 heteroatoms. The Labute approximate surface area is 187 Å². The van der Waals surface area contributed by atoms with Crippen molar-refractivity contribution in [3.63, 3.8) is 0 Å². The number of fused-ring (bicyclic) bond motifs is 5. The number of hydrogen-bond donors (Lipinski definition) is 5. The molecule has 0 aliphatic heterocycles. The van der Waals surface area contributed by atoms with Crippen molar-refractivity contribution in [2.75, 3.05) is 6.61 Å². The SMILES string of the molecule is CCCC(=O)O[C@@]12[C@H](O)[C@@H](C)[C@@]3(O)[C@@H](C=C(CO)C[C@]4(O)C(=O)C(C)=C[C@]34O)[C@@H]1C2(C)C. The van der Waals surface area contributed by atoms with Gasteiger partial charge in [-0.1, -0.05) is 33.8 Å². The van der Waals surface area contributed by atoms with Crippen molar-refractivity contribution in [3.8, 4) is 0 Å². The topological polar surface area (TPSA) is 145 Å². The highest BCUT2D eigenvalue weighted by molar-refractivity contribution is 6.06. The minimum Gasteiger partial charge on any atom is -0.455 e. The summed E-state index contributed by atoms with van der Waals surface area (Å²) in [6.45, 7) is 8.00. The van der Waals surface area contributed by atoms with Crippen molar-refractivity contribution >= 4 is 11.8 Å². The monoisotopic (exact) mass is 450 g/mol. The standard InChI is InChI=1S/C24H34O8/c1-6-7-16(26)32-24-17(20(24,4)5)15-8-14(11-25)10-21(29)18(27)12(2)9-22(21,30)23(15,31)13(3)19(24)28/h8-9,13,15,17,19,25,28-31H,6-7,10-11H2,1-5H3/t13-,15+,17-,19-,21+,22-,23-,24-/m1/s1. The maximum Gasteiger partial charge on any atom is 0.306 e. The van der Waals surface area contributed by atoms with Crippen LogP contribution in [0.25, 0.3) is 0 Å². The van der Waals surface area contributed by atoms with Gasteiger partial charge in [0.2, 0.25) is 0 Å². The second-order valence-corrected chi connectivity index (χ2v) is 10.7. The van der Waals surface area contributed by atoms with E-state index in [0.29, 0.717) is 12.0 Å². The fourth-order valence-corrected chi connectivity index (χ4v) is 7.18. The molecule has 0 unspecified atom stereocenters. The Bertz CT molecular complexity index is 936. The van der Waals surface area contributed by atoms with Crippen LogP contribution < -0.4 is 0 Å². The smallest absolute Gasteiger partial charge is 0.306 e. The van der Waals surface area contributed by atoms with E-state index in [2.05, 4.69) is 0 Å². The molecule has 0 bridgehead atoms.